The molecule has 0 atom stereocenters. The molecule has 0 saturated heterocycles. The first kappa shape index (κ1) is 20.0. The lowest BCUT2D eigenvalue weighted by Gasteiger charge is -2.15. The average Bonchev–Trinajstić information content (AvgIpc) is 2.65. The van der Waals surface area contributed by atoms with Gasteiger partial charge in [0.15, 0.2) is 5.75 Å². The zero-order chi connectivity index (χ0) is 19.6. The number of aromatic hydroxyl groups is 1. The third kappa shape index (κ3) is 4.77. The van der Waals surface area contributed by atoms with E-state index < -0.39 is 0 Å². The van der Waals surface area contributed by atoms with Gasteiger partial charge < -0.3 is 16.2 Å². The van der Waals surface area contributed by atoms with Crippen LogP contribution in [0.5, 0.6) is 5.75 Å². The molecular formula is C20H17Cl3N2OS. The van der Waals surface area contributed by atoms with E-state index in [0.29, 0.717) is 33.5 Å². The normalized spacial score (nSPS) is 10.8. The van der Waals surface area contributed by atoms with Crippen LogP contribution in [-0.4, -0.2) is 5.11 Å². The second kappa shape index (κ2) is 8.53. The van der Waals surface area contributed by atoms with E-state index >= 15 is 0 Å². The van der Waals surface area contributed by atoms with Crippen molar-refractivity contribution in [3.05, 3.63) is 74.7 Å². The number of phenolic OH excluding ortho intramolecular Hbond substituents is 1. The van der Waals surface area contributed by atoms with Gasteiger partial charge in [-0.1, -0.05) is 46.6 Å². The first-order valence-corrected chi connectivity index (χ1v) is 10.0. The molecule has 3 aromatic rings. The first-order valence-electron chi connectivity index (χ1n) is 8.08. The van der Waals surface area contributed by atoms with E-state index in [-0.39, 0.29) is 10.8 Å². The van der Waals surface area contributed by atoms with Gasteiger partial charge >= 0.3 is 0 Å². The lowest BCUT2D eigenvalue weighted by molar-refractivity contribution is 0.477. The van der Waals surface area contributed by atoms with Crippen LogP contribution < -0.4 is 11.1 Å². The highest BCUT2D eigenvalue weighted by Crippen LogP contribution is 2.39. The van der Waals surface area contributed by atoms with E-state index in [1.54, 1.807) is 24.8 Å². The van der Waals surface area contributed by atoms with Gasteiger partial charge in [0.05, 0.1) is 10.7 Å². The summed E-state index contributed by atoms with van der Waals surface area (Å²) in [5.41, 5.74) is 8.73. The zero-order valence-electron chi connectivity index (χ0n) is 14.4. The maximum atomic E-state index is 10.3. The number of anilines is 2. The largest absolute Gasteiger partial charge is 0.504 e. The molecule has 0 aliphatic rings. The van der Waals surface area contributed by atoms with E-state index in [9.17, 15) is 5.11 Å². The number of phenols is 1. The van der Waals surface area contributed by atoms with E-state index in [1.165, 1.54) is 0 Å². The van der Waals surface area contributed by atoms with Crippen LogP contribution >= 0.6 is 46.6 Å². The van der Waals surface area contributed by atoms with Crippen molar-refractivity contribution in [1.82, 2.24) is 0 Å². The van der Waals surface area contributed by atoms with Gasteiger partial charge in [-0.25, -0.2) is 0 Å². The van der Waals surface area contributed by atoms with Crippen molar-refractivity contribution < 1.29 is 5.11 Å². The molecule has 0 radical (unpaired) electrons. The summed E-state index contributed by atoms with van der Waals surface area (Å²) in [4.78, 5) is 2.11. The summed E-state index contributed by atoms with van der Waals surface area (Å²) < 4.78 is 0. The topological polar surface area (TPSA) is 58.3 Å². The molecule has 0 spiro atoms. The van der Waals surface area contributed by atoms with Crippen LogP contribution in [0.25, 0.3) is 0 Å². The van der Waals surface area contributed by atoms with Crippen molar-refractivity contribution in [3.8, 4) is 5.75 Å². The Morgan fingerprint density at radius 1 is 1.04 bits per heavy atom. The Morgan fingerprint density at radius 3 is 2.44 bits per heavy atom. The van der Waals surface area contributed by atoms with Crippen LogP contribution in [0.15, 0.2) is 58.3 Å². The second-order valence-electron chi connectivity index (χ2n) is 5.97. The summed E-state index contributed by atoms with van der Waals surface area (Å²) in [6, 6.07) is 15.0. The van der Waals surface area contributed by atoms with Gasteiger partial charge in [-0.05, 0) is 66.6 Å². The molecular weight excluding hydrogens is 423 g/mol. The Morgan fingerprint density at radius 2 is 1.74 bits per heavy atom. The Kier molecular flexibility index (Phi) is 6.33. The molecule has 0 heterocycles. The Hall–Kier alpha value is -1.72. The predicted octanol–water partition coefficient (Wildman–Crippen LogP) is 7.01. The quantitative estimate of drug-likeness (QED) is 0.296. The molecule has 0 bridgehead atoms. The van der Waals surface area contributed by atoms with Crippen molar-refractivity contribution in [1.29, 1.82) is 0 Å². The van der Waals surface area contributed by atoms with Gasteiger partial charge in [0.25, 0.3) is 0 Å². The molecule has 3 aromatic carbocycles. The number of hydrogen-bond donors (Lipinski definition) is 3. The van der Waals surface area contributed by atoms with Crippen LogP contribution in [0.3, 0.4) is 0 Å². The third-order valence-corrected chi connectivity index (χ3v) is 6.25. The van der Waals surface area contributed by atoms with Crippen LogP contribution in [0, 0.1) is 6.92 Å². The number of nitrogens with one attached hydrogen (secondary N) is 1. The highest BCUT2D eigenvalue weighted by Gasteiger charge is 2.13. The summed E-state index contributed by atoms with van der Waals surface area (Å²) in [5, 5.41) is 14.9. The second-order valence-corrected chi connectivity index (χ2v) is 8.31. The number of hydrogen-bond acceptors (Lipinski definition) is 4. The molecule has 3 nitrogen and oxygen atoms in total. The highest BCUT2D eigenvalue weighted by atomic mass is 35.5. The summed E-state index contributed by atoms with van der Waals surface area (Å²) in [6.07, 6.45) is 0. The minimum Gasteiger partial charge on any atom is -0.504 e. The van der Waals surface area contributed by atoms with E-state index in [1.807, 2.05) is 42.5 Å². The minimum atomic E-state index is -0.0191. The number of rotatable bonds is 5. The molecule has 3 rings (SSSR count). The van der Waals surface area contributed by atoms with Crippen molar-refractivity contribution in [2.45, 2.75) is 23.3 Å². The number of halogens is 3. The molecule has 7 heteroatoms. The van der Waals surface area contributed by atoms with Gasteiger partial charge in [0.2, 0.25) is 0 Å². The van der Waals surface area contributed by atoms with Gasteiger partial charge in [0, 0.05) is 32.1 Å². The monoisotopic (exact) mass is 438 g/mol. The molecule has 27 heavy (non-hydrogen) atoms. The van der Waals surface area contributed by atoms with Crippen LogP contribution in [-0.2, 0) is 6.54 Å². The Balaban J connectivity index is 1.85. The zero-order valence-corrected chi connectivity index (χ0v) is 17.5. The smallest absolute Gasteiger partial charge is 0.157 e. The maximum absolute atomic E-state index is 10.3. The van der Waals surface area contributed by atoms with Gasteiger partial charge in [-0.15, -0.1) is 0 Å². The number of benzene rings is 3. The van der Waals surface area contributed by atoms with Gasteiger partial charge in [-0.2, -0.15) is 0 Å². The molecule has 0 aliphatic carbocycles. The molecule has 0 aliphatic heterocycles. The van der Waals surface area contributed by atoms with E-state index in [4.69, 9.17) is 40.5 Å². The highest BCUT2D eigenvalue weighted by molar-refractivity contribution is 7.99. The van der Waals surface area contributed by atoms with Crippen molar-refractivity contribution >= 4 is 57.9 Å². The third-order valence-electron chi connectivity index (χ3n) is 4.02. The molecule has 0 saturated carbocycles. The summed E-state index contributed by atoms with van der Waals surface area (Å²) >= 11 is 19.9. The molecule has 140 valence electrons. The Labute approximate surface area is 177 Å². The standard InChI is InChI=1S/C20H17Cl3N2OS/c1-11-16(22)9-17(20(26)19(11)23)25-10-12-8-14(24)4-7-18(12)27-15-5-2-13(21)3-6-15/h2-9,25-26H,10,24H2,1H3. The van der Waals surface area contributed by atoms with Crippen LogP contribution in [0.1, 0.15) is 11.1 Å². The van der Waals surface area contributed by atoms with E-state index in [2.05, 4.69) is 5.32 Å². The molecule has 0 aromatic heterocycles. The summed E-state index contributed by atoms with van der Waals surface area (Å²) in [5.74, 6) is -0.0191. The lowest BCUT2D eigenvalue weighted by atomic mass is 10.1. The van der Waals surface area contributed by atoms with E-state index in [0.717, 1.165) is 15.4 Å². The lowest BCUT2D eigenvalue weighted by Crippen LogP contribution is -2.03. The first-order chi connectivity index (χ1) is 12.8. The van der Waals surface area contributed by atoms with Crippen molar-refractivity contribution in [3.63, 3.8) is 0 Å². The molecule has 0 fully saturated rings. The fourth-order valence-electron chi connectivity index (χ4n) is 2.50. The Bertz CT molecular complexity index is 978. The van der Waals surface area contributed by atoms with Gasteiger partial charge in [0.1, 0.15) is 0 Å². The van der Waals surface area contributed by atoms with Crippen molar-refractivity contribution in [2.75, 3.05) is 11.1 Å². The molecule has 0 amide bonds. The number of nitrogens with two attached hydrogens (primary N) is 1. The predicted molar refractivity (Wildman–Crippen MR) is 117 cm³/mol. The SMILES string of the molecule is Cc1c(Cl)cc(NCc2cc(N)ccc2Sc2ccc(Cl)cc2)c(O)c1Cl. The summed E-state index contributed by atoms with van der Waals surface area (Å²) in [7, 11) is 0. The average molecular weight is 440 g/mol. The fourth-order valence-corrected chi connectivity index (χ4v) is 4.00. The fraction of sp³-hybridized carbons (Fsp3) is 0.100. The molecule has 0 unspecified atom stereocenters. The summed E-state index contributed by atoms with van der Waals surface area (Å²) in [6.45, 7) is 2.21. The van der Waals surface area contributed by atoms with Crippen LogP contribution in [0.4, 0.5) is 11.4 Å². The van der Waals surface area contributed by atoms with Crippen LogP contribution in [0.2, 0.25) is 15.1 Å². The number of nitrogen functional groups attached to an aromatic ring is 1. The maximum Gasteiger partial charge on any atom is 0.157 e. The minimum absolute atomic E-state index is 0.0191. The van der Waals surface area contributed by atoms with Crippen molar-refractivity contribution in [2.24, 2.45) is 0 Å². The molecule has 4 N–H and O–H groups in total. The van der Waals surface area contributed by atoms with Gasteiger partial charge in [-0.3, -0.25) is 0 Å².